The monoisotopic (exact) mass is 831 g/mol. The van der Waals surface area contributed by atoms with Crippen molar-refractivity contribution in [1.82, 2.24) is 30.4 Å². The van der Waals surface area contributed by atoms with Crippen molar-refractivity contribution in [1.29, 1.82) is 0 Å². The van der Waals surface area contributed by atoms with Crippen LogP contribution in [0.15, 0.2) is 54.7 Å². The van der Waals surface area contributed by atoms with Gasteiger partial charge in [0.1, 0.15) is 23.4 Å². The van der Waals surface area contributed by atoms with Crippen molar-refractivity contribution in [3.05, 3.63) is 93.9 Å². The van der Waals surface area contributed by atoms with Crippen molar-refractivity contribution in [2.75, 3.05) is 45.3 Å². The summed E-state index contributed by atoms with van der Waals surface area (Å²) in [6, 6.07) is 13.6. The summed E-state index contributed by atoms with van der Waals surface area (Å²) in [5.74, 6) is -0.476. The van der Waals surface area contributed by atoms with E-state index in [1.807, 2.05) is 6.92 Å². The highest BCUT2D eigenvalue weighted by Gasteiger charge is 2.45. The van der Waals surface area contributed by atoms with Gasteiger partial charge in [0, 0.05) is 67.5 Å². The van der Waals surface area contributed by atoms with Gasteiger partial charge in [-0.05, 0) is 80.5 Å². The van der Waals surface area contributed by atoms with Crippen LogP contribution in [0, 0.1) is 6.92 Å². The number of piperidine rings is 1. The fraction of sp³-hybridized carbons (Fsp3) is 0.400. The first-order chi connectivity index (χ1) is 29.6. The molecule has 1 aromatic heterocycles. The number of carbonyl (C=O) groups is 6. The van der Waals surface area contributed by atoms with Crippen molar-refractivity contribution in [3.63, 3.8) is 0 Å². The van der Waals surface area contributed by atoms with E-state index in [1.54, 1.807) is 31.4 Å². The van der Waals surface area contributed by atoms with Gasteiger partial charge in [0.25, 0.3) is 17.7 Å². The molecule has 0 spiro atoms. The summed E-state index contributed by atoms with van der Waals surface area (Å²) < 4.78 is 19.6. The van der Waals surface area contributed by atoms with E-state index >= 15 is 0 Å². The number of benzene rings is 3. The molecular formula is C45H49N7O9. The second-order valence-electron chi connectivity index (χ2n) is 15.6. The first-order valence-corrected chi connectivity index (χ1v) is 20.8. The molecule has 1 fully saturated rings. The summed E-state index contributed by atoms with van der Waals surface area (Å²) >= 11 is 0. The van der Waals surface area contributed by atoms with E-state index in [0.29, 0.717) is 48.9 Å². The molecule has 3 aromatic carbocycles. The van der Waals surface area contributed by atoms with Gasteiger partial charge in [0.15, 0.2) is 0 Å². The van der Waals surface area contributed by atoms with Crippen molar-refractivity contribution in [2.24, 2.45) is 0 Å². The van der Waals surface area contributed by atoms with Gasteiger partial charge in [-0.2, -0.15) is 0 Å². The maximum absolute atomic E-state index is 13.6. The summed E-state index contributed by atoms with van der Waals surface area (Å²) in [6.45, 7) is 4.25. The number of imide groups is 2. The number of rotatable bonds is 17. The Morgan fingerprint density at radius 3 is 2.61 bits per heavy atom. The SMILES string of the molecule is COc1cc(C(=O)N[C@@H]2CCc3ccc(-c4cn5c(n4)CCC5)cc32)cc(OCCCNC(=O)CCOCCNc2cccc3c2C(=O)N(C2CCC(=O)NC2=O)C3=O)c1C. The van der Waals surface area contributed by atoms with E-state index in [1.165, 1.54) is 11.6 Å². The van der Waals surface area contributed by atoms with Gasteiger partial charge in [-0.25, -0.2) is 4.98 Å². The van der Waals surface area contributed by atoms with E-state index in [9.17, 15) is 28.8 Å². The molecule has 4 aromatic rings. The molecule has 0 bridgehead atoms. The van der Waals surface area contributed by atoms with Gasteiger partial charge in [-0.1, -0.05) is 18.2 Å². The quantitative estimate of drug-likeness (QED) is 0.0885. The van der Waals surface area contributed by atoms with Crippen molar-refractivity contribution >= 4 is 41.1 Å². The molecule has 4 heterocycles. The van der Waals surface area contributed by atoms with Gasteiger partial charge in [0.2, 0.25) is 17.7 Å². The second kappa shape index (κ2) is 18.0. The topological polar surface area (TPSA) is 199 Å². The third-order valence-corrected chi connectivity index (χ3v) is 11.7. The van der Waals surface area contributed by atoms with Crippen molar-refractivity contribution in [3.8, 4) is 22.8 Å². The van der Waals surface area contributed by atoms with Crippen LogP contribution in [-0.4, -0.2) is 96.0 Å². The molecule has 3 aliphatic heterocycles. The fourth-order valence-electron chi connectivity index (χ4n) is 8.46. The number of fused-ring (bicyclic) bond motifs is 3. The minimum Gasteiger partial charge on any atom is -0.496 e. The highest BCUT2D eigenvalue weighted by molar-refractivity contribution is 6.25. The summed E-state index contributed by atoms with van der Waals surface area (Å²) in [4.78, 5) is 82.2. The number of hydrogen-bond acceptors (Lipinski definition) is 11. The van der Waals surface area contributed by atoms with Crippen LogP contribution in [0.25, 0.3) is 11.3 Å². The average molecular weight is 832 g/mol. The Balaban J connectivity index is 0.753. The van der Waals surface area contributed by atoms with E-state index in [4.69, 9.17) is 19.2 Å². The van der Waals surface area contributed by atoms with Gasteiger partial charge in [0.05, 0.1) is 49.8 Å². The summed E-state index contributed by atoms with van der Waals surface area (Å²) in [5.41, 5.74) is 6.35. The number of carbonyl (C=O) groups excluding carboxylic acids is 6. The highest BCUT2D eigenvalue weighted by Crippen LogP contribution is 2.37. The number of amides is 6. The van der Waals surface area contributed by atoms with E-state index in [0.717, 1.165) is 65.3 Å². The number of anilines is 1. The van der Waals surface area contributed by atoms with Crippen LogP contribution in [0.5, 0.6) is 11.5 Å². The second-order valence-corrected chi connectivity index (χ2v) is 15.6. The Labute approximate surface area is 352 Å². The van der Waals surface area contributed by atoms with Crippen LogP contribution in [0.3, 0.4) is 0 Å². The van der Waals surface area contributed by atoms with Gasteiger partial charge >= 0.3 is 0 Å². The standard InChI is InChI=1S/C45H49N7O9/c1-26-36(59-2)23-29(42(55)49-32-12-11-27-9-10-28(22-31(27)32)34-25-51-18-4-8-38(51)48-34)24-37(26)61-19-5-16-47-39(53)15-20-60-21-17-46-33-7-3-6-30-41(33)45(58)52(44(30)57)35-13-14-40(54)50-43(35)56/h3,6-7,9-10,22-25,32,35,46H,4-5,8,11-21H2,1-2H3,(H,47,53)(H,49,55)(H,50,54,56)/t32-,35?/m1/s1. The lowest BCUT2D eigenvalue weighted by molar-refractivity contribution is -0.136. The molecule has 16 heteroatoms. The zero-order valence-corrected chi connectivity index (χ0v) is 34.3. The van der Waals surface area contributed by atoms with Crippen LogP contribution in [-0.2, 0) is 38.5 Å². The average Bonchev–Trinajstić information content (AvgIpc) is 4.03. The number of hydrogen-bond donors (Lipinski definition) is 4. The Morgan fingerprint density at radius 1 is 0.934 bits per heavy atom. The number of methoxy groups -OCH3 is 1. The Kier molecular flexibility index (Phi) is 12.1. The summed E-state index contributed by atoms with van der Waals surface area (Å²) in [7, 11) is 1.56. The predicted molar refractivity (Wildman–Crippen MR) is 222 cm³/mol. The summed E-state index contributed by atoms with van der Waals surface area (Å²) in [6.07, 6.45) is 6.73. The number of nitrogens with one attached hydrogen (secondary N) is 4. The van der Waals surface area contributed by atoms with E-state index < -0.39 is 29.7 Å². The first kappa shape index (κ1) is 41.2. The summed E-state index contributed by atoms with van der Waals surface area (Å²) in [5, 5.41) is 11.4. The highest BCUT2D eigenvalue weighted by atomic mass is 16.5. The minimum atomic E-state index is -1.05. The molecule has 61 heavy (non-hydrogen) atoms. The lowest BCUT2D eigenvalue weighted by Gasteiger charge is -2.27. The van der Waals surface area contributed by atoms with Gasteiger partial charge in [-0.15, -0.1) is 0 Å². The van der Waals surface area contributed by atoms with Crippen LogP contribution in [0.1, 0.15) is 98.2 Å². The Morgan fingerprint density at radius 2 is 1.79 bits per heavy atom. The van der Waals surface area contributed by atoms with Gasteiger partial charge in [-0.3, -0.25) is 39.0 Å². The lowest BCUT2D eigenvalue weighted by Crippen LogP contribution is -2.54. The minimum absolute atomic E-state index is 0.0419. The number of nitrogens with zero attached hydrogens (tertiary/aromatic N) is 3. The molecule has 2 atom stereocenters. The molecule has 8 rings (SSSR count). The maximum Gasteiger partial charge on any atom is 0.264 e. The van der Waals surface area contributed by atoms with Crippen LogP contribution >= 0.6 is 0 Å². The fourth-order valence-corrected chi connectivity index (χ4v) is 8.46. The lowest BCUT2D eigenvalue weighted by atomic mass is 10.0. The Bertz CT molecular complexity index is 2390. The zero-order chi connectivity index (χ0) is 42.6. The molecule has 318 valence electrons. The van der Waals surface area contributed by atoms with Crippen LogP contribution < -0.4 is 30.7 Å². The largest absolute Gasteiger partial charge is 0.496 e. The number of aromatic nitrogens is 2. The van der Waals surface area contributed by atoms with Crippen LogP contribution in [0.4, 0.5) is 5.69 Å². The van der Waals surface area contributed by atoms with E-state index in [2.05, 4.69) is 50.2 Å². The molecule has 4 N–H and O–H groups in total. The smallest absolute Gasteiger partial charge is 0.264 e. The third kappa shape index (κ3) is 8.71. The molecule has 4 aliphatic rings. The predicted octanol–water partition coefficient (Wildman–Crippen LogP) is 4.04. The molecule has 1 unspecified atom stereocenters. The molecular weight excluding hydrogens is 783 g/mol. The molecule has 1 saturated heterocycles. The van der Waals surface area contributed by atoms with Crippen molar-refractivity contribution < 1.29 is 43.0 Å². The number of ether oxygens (including phenoxy) is 3. The molecule has 0 saturated carbocycles. The normalized spacial score (nSPS) is 17.8. The van der Waals surface area contributed by atoms with Crippen molar-refractivity contribution in [2.45, 2.75) is 76.9 Å². The maximum atomic E-state index is 13.6. The van der Waals surface area contributed by atoms with E-state index in [-0.39, 0.29) is 61.5 Å². The molecule has 16 nitrogen and oxygen atoms in total. The van der Waals surface area contributed by atoms with Gasteiger partial charge < -0.3 is 34.7 Å². The Hall–Kier alpha value is -6.55. The van der Waals surface area contributed by atoms with Crippen LogP contribution in [0.2, 0.25) is 0 Å². The third-order valence-electron chi connectivity index (χ3n) is 11.7. The number of imidazole rings is 1. The molecule has 1 aliphatic carbocycles. The zero-order valence-electron chi connectivity index (χ0n) is 34.3. The molecule has 6 amide bonds. The number of aryl methyl sites for hydroxylation is 3. The molecule has 0 radical (unpaired) electrons. The first-order valence-electron chi connectivity index (χ1n) is 20.8.